The van der Waals surface area contributed by atoms with E-state index in [1.165, 1.54) is 18.1 Å². The number of carbonyl (C=O) groups is 1. The van der Waals surface area contributed by atoms with Gasteiger partial charge >= 0.3 is 0 Å². The zero-order valence-corrected chi connectivity index (χ0v) is 15.3. The maximum Gasteiger partial charge on any atom is 0.219 e. The minimum absolute atomic E-state index is 0.00280. The van der Waals surface area contributed by atoms with Crippen LogP contribution in [-0.4, -0.2) is 17.4 Å². The van der Waals surface area contributed by atoms with Crippen molar-refractivity contribution < 1.29 is 9.53 Å². The SMILES string of the molecule is CCCc1ccc(Oc2ccc3cc(CCNC(C)=O)ccc3n2)cc1. The molecule has 4 nitrogen and oxygen atoms in total. The summed E-state index contributed by atoms with van der Waals surface area (Å²) in [4.78, 5) is 15.5. The van der Waals surface area contributed by atoms with Crippen LogP contribution in [0.2, 0.25) is 0 Å². The number of aromatic nitrogens is 1. The Morgan fingerprint density at radius 3 is 2.50 bits per heavy atom. The molecule has 0 spiro atoms. The molecule has 0 fully saturated rings. The van der Waals surface area contributed by atoms with Crippen molar-refractivity contribution in [2.75, 3.05) is 6.54 Å². The van der Waals surface area contributed by atoms with Gasteiger partial charge in [0.25, 0.3) is 0 Å². The number of ether oxygens (including phenoxy) is 1. The van der Waals surface area contributed by atoms with Gasteiger partial charge in [-0.3, -0.25) is 4.79 Å². The molecule has 4 heteroatoms. The minimum atomic E-state index is -0.00280. The zero-order chi connectivity index (χ0) is 18.4. The van der Waals surface area contributed by atoms with E-state index in [0.717, 1.165) is 35.9 Å². The standard InChI is InChI=1S/C22H24N2O2/c1-3-4-17-5-9-20(10-6-17)26-22-12-8-19-15-18(7-11-21(19)24-22)13-14-23-16(2)25/h5-12,15H,3-4,13-14H2,1-2H3,(H,23,25). The number of nitrogens with zero attached hydrogens (tertiary/aromatic N) is 1. The summed E-state index contributed by atoms with van der Waals surface area (Å²) in [6.45, 7) is 4.35. The molecule has 1 N–H and O–H groups in total. The molecule has 0 unspecified atom stereocenters. The van der Waals surface area contributed by atoms with E-state index in [-0.39, 0.29) is 5.91 Å². The van der Waals surface area contributed by atoms with Crippen LogP contribution in [0.15, 0.2) is 54.6 Å². The third-order valence-corrected chi connectivity index (χ3v) is 4.20. The van der Waals surface area contributed by atoms with E-state index in [9.17, 15) is 4.79 Å². The number of hydrogen-bond donors (Lipinski definition) is 1. The summed E-state index contributed by atoms with van der Waals surface area (Å²) in [6.07, 6.45) is 3.02. The number of benzene rings is 2. The summed E-state index contributed by atoms with van der Waals surface area (Å²) in [5, 5.41) is 3.88. The van der Waals surface area contributed by atoms with Gasteiger partial charge in [0.15, 0.2) is 0 Å². The number of pyridine rings is 1. The fourth-order valence-corrected chi connectivity index (χ4v) is 2.89. The number of nitrogens with one attached hydrogen (secondary N) is 1. The minimum Gasteiger partial charge on any atom is -0.439 e. The average Bonchev–Trinajstić information content (AvgIpc) is 2.63. The van der Waals surface area contributed by atoms with E-state index >= 15 is 0 Å². The molecule has 0 aliphatic rings. The van der Waals surface area contributed by atoms with Crippen molar-refractivity contribution in [1.82, 2.24) is 10.3 Å². The molecule has 3 aromatic rings. The highest BCUT2D eigenvalue weighted by Crippen LogP contribution is 2.23. The molecule has 2 aromatic carbocycles. The van der Waals surface area contributed by atoms with Crippen molar-refractivity contribution in [3.8, 4) is 11.6 Å². The molecular weight excluding hydrogens is 324 g/mol. The molecule has 0 aliphatic carbocycles. The lowest BCUT2D eigenvalue weighted by molar-refractivity contribution is -0.118. The largest absolute Gasteiger partial charge is 0.439 e. The predicted octanol–water partition coefficient (Wildman–Crippen LogP) is 4.66. The number of carbonyl (C=O) groups excluding carboxylic acids is 1. The van der Waals surface area contributed by atoms with Gasteiger partial charge in [0.05, 0.1) is 5.52 Å². The maximum atomic E-state index is 10.9. The van der Waals surface area contributed by atoms with E-state index in [4.69, 9.17) is 4.74 Å². The van der Waals surface area contributed by atoms with Crippen molar-refractivity contribution in [2.24, 2.45) is 0 Å². The summed E-state index contributed by atoms with van der Waals surface area (Å²) >= 11 is 0. The first-order valence-electron chi connectivity index (χ1n) is 9.05. The second kappa shape index (κ2) is 8.48. The Morgan fingerprint density at radius 1 is 1.00 bits per heavy atom. The normalized spacial score (nSPS) is 10.7. The Labute approximate surface area is 154 Å². The average molecular weight is 348 g/mol. The molecule has 26 heavy (non-hydrogen) atoms. The Hall–Kier alpha value is -2.88. The van der Waals surface area contributed by atoms with Crippen LogP contribution < -0.4 is 10.1 Å². The summed E-state index contributed by atoms with van der Waals surface area (Å²) < 4.78 is 5.88. The monoisotopic (exact) mass is 348 g/mol. The summed E-state index contributed by atoms with van der Waals surface area (Å²) in [7, 11) is 0. The second-order valence-corrected chi connectivity index (χ2v) is 6.41. The molecule has 1 heterocycles. The van der Waals surface area contributed by atoms with Crippen molar-refractivity contribution >= 4 is 16.8 Å². The topological polar surface area (TPSA) is 51.2 Å². The quantitative estimate of drug-likeness (QED) is 0.676. The van der Waals surface area contributed by atoms with Crippen LogP contribution in [0, 0.1) is 0 Å². The molecule has 1 aromatic heterocycles. The third-order valence-electron chi connectivity index (χ3n) is 4.20. The lowest BCUT2D eigenvalue weighted by Gasteiger charge is -2.08. The fourth-order valence-electron chi connectivity index (χ4n) is 2.89. The van der Waals surface area contributed by atoms with Crippen molar-refractivity contribution in [3.05, 3.63) is 65.7 Å². The molecule has 134 valence electrons. The molecule has 1 amide bonds. The van der Waals surface area contributed by atoms with Crippen LogP contribution in [0.5, 0.6) is 11.6 Å². The fraction of sp³-hybridized carbons (Fsp3) is 0.273. The molecule has 3 rings (SSSR count). The Bertz CT molecular complexity index is 888. The second-order valence-electron chi connectivity index (χ2n) is 6.41. The molecule has 0 bridgehead atoms. The third kappa shape index (κ3) is 4.82. The first-order chi connectivity index (χ1) is 12.6. The Balaban J connectivity index is 1.69. The number of hydrogen-bond acceptors (Lipinski definition) is 3. The van der Waals surface area contributed by atoms with E-state index in [1.807, 2.05) is 36.4 Å². The van der Waals surface area contributed by atoms with Crippen molar-refractivity contribution in [3.63, 3.8) is 0 Å². The Kier molecular flexibility index (Phi) is 5.84. The van der Waals surface area contributed by atoms with Crippen LogP contribution in [0.25, 0.3) is 10.9 Å². The summed E-state index contributed by atoms with van der Waals surface area (Å²) in [5.74, 6) is 1.38. The molecular formula is C22H24N2O2. The number of amides is 1. The van der Waals surface area contributed by atoms with Gasteiger partial charge in [0, 0.05) is 24.9 Å². The molecule has 0 saturated heterocycles. The van der Waals surface area contributed by atoms with Crippen molar-refractivity contribution in [1.29, 1.82) is 0 Å². The van der Waals surface area contributed by atoms with Gasteiger partial charge in [-0.2, -0.15) is 0 Å². The lowest BCUT2D eigenvalue weighted by Crippen LogP contribution is -2.22. The molecule has 0 atom stereocenters. The van der Waals surface area contributed by atoms with Crippen molar-refractivity contribution in [2.45, 2.75) is 33.1 Å². The smallest absolute Gasteiger partial charge is 0.219 e. The first kappa shape index (κ1) is 17.9. The van der Waals surface area contributed by atoms with Gasteiger partial charge in [0.2, 0.25) is 11.8 Å². The highest BCUT2D eigenvalue weighted by atomic mass is 16.5. The van der Waals surface area contributed by atoms with Gasteiger partial charge in [-0.25, -0.2) is 4.98 Å². The predicted molar refractivity (Wildman–Crippen MR) is 105 cm³/mol. The van der Waals surface area contributed by atoms with Gasteiger partial charge in [-0.1, -0.05) is 31.5 Å². The van der Waals surface area contributed by atoms with Crippen LogP contribution >= 0.6 is 0 Å². The molecule has 0 saturated carbocycles. The zero-order valence-electron chi connectivity index (χ0n) is 15.3. The first-order valence-corrected chi connectivity index (χ1v) is 9.05. The number of rotatable bonds is 7. The lowest BCUT2D eigenvalue weighted by atomic mass is 10.1. The van der Waals surface area contributed by atoms with Gasteiger partial charge < -0.3 is 10.1 Å². The summed E-state index contributed by atoms with van der Waals surface area (Å²) in [6, 6.07) is 18.2. The van der Waals surface area contributed by atoms with Crippen LogP contribution in [-0.2, 0) is 17.6 Å². The molecule has 0 aliphatic heterocycles. The number of aryl methyl sites for hydroxylation is 1. The van der Waals surface area contributed by atoms with E-state index in [2.05, 4.69) is 35.4 Å². The van der Waals surface area contributed by atoms with Gasteiger partial charge in [-0.05, 0) is 54.3 Å². The van der Waals surface area contributed by atoms with Crippen LogP contribution in [0.1, 0.15) is 31.4 Å². The maximum absolute atomic E-state index is 10.9. The van der Waals surface area contributed by atoms with Gasteiger partial charge in [0.1, 0.15) is 5.75 Å². The highest BCUT2D eigenvalue weighted by molar-refractivity contribution is 5.80. The Morgan fingerprint density at radius 2 is 1.77 bits per heavy atom. The van der Waals surface area contributed by atoms with E-state index < -0.39 is 0 Å². The van der Waals surface area contributed by atoms with Crippen LogP contribution in [0.3, 0.4) is 0 Å². The summed E-state index contributed by atoms with van der Waals surface area (Å²) in [5.41, 5.74) is 3.39. The number of fused-ring (bicyclic) bond motifs is 1. The highest BCUT2D eigenvalue weighted by Gasteiger charge is 2.03. The van der Waals surface area contributed by atoms with E-state index in [0.29, 0.717) is 12.4 Å². The molecule has 0 radical (unpaired) electrons. The van der Waals surface area contributed by atoms with E-state index in [1.54, 1.807) is 0 Å². The van der Waals surface area contributed by atoms with Gasteiger partial charge in [-0.15, -0.1) is 0 Å². The van der Waals surface area contributed by atoms with Crippen LogP contribution in [0.4, 0.5) is 0 Å².